The van der Waals surface area contributed by atoms with Crippen molar-refractivity contribution >= 4 is 0 Å². The average molecular weight is 195 g/mol. The Balaban J connectivity index is 2.24. The third-order valence-electron chi connectivity index (χ3n) is 3.19. The molecule has 0 amide bonds. The summed E-state index contributed by atoms with van der Waals surface area (Å²) in [5, 5.41) is 9.53. The van der Waals surface area contributed by atoms with Crippen LogP contribution < -0.4 is 0 Å². The molecule has 2 aliphatic heterocycles. The minimum atomic E-state index is -4.48. The van der Waals surface area contributed by atoms with Crippen LogP contribution in [0.3, 0.4) is 0 Å². The number of fused-ring (bicyclic) bond motifs is 1. The van der Waals surface area contributed by atoms with Crippen molar-refractivity contribution < 1.29 is 18.3 Å². The summed E-state index contributed by atoms with van der Waals surface area (Å²) < 4.78 is 37.5. The maximum absolute atomic E-state index is 12.5. The van der Waals surface area contributed by atoms with E-state index in [0.717, 1.165) is 6.42 Å². The van der Waals surface area contributed by atoms with Gasteiger partial charge in [-0.25, -0.2) is 0 Å². The van der Waals surface area contributed by atoms with E-state index in [9.17, 15) is 18.3 Å². The van der Waals surface area contributed by atoms with Crippen LogP contribution in [0.15, 0.2) is 0 Å². The normalized spacial score (nSPS) is 41.1. The van der Waals surface area contributed by atoms with Crippen molar-refractivity contribution in [3.8, 4) is 0 Å². The zero-order valence-corrected chi connectivity index (χ0v) is 7.14. The molecular formula is C8H12F3NO. The van der Waals surface area contributed by atoms with Gasteiger partial charge in [0.05, 0.1) is 0 Å². The Morgan fingerprint density at radius 2 is 2.00 bits per heavy atom. The molecule has 2 saturated heterocycles. The van der Waals surface area contributed by atoms with Crippen molar-refractivity contribution in [1.29, 1.82) is 0 Å². The second-order valence-corrected chi connectivity index (χ2v) is 3.87. The van der Waals surface area contributed by atoms with Crippen molar-refractivity contribution in [1.82, 2.24) is 4.90 Å². The van der Waals surface area contributed by atoms with Gasteiger partial charge in [-0.15, -0.1) is 0 Å². The molecular weight excluding hydrogens is 183 g/mol. The van der Waals surface area contributed by atoms with Gasteiger partial charge in [0.2, 0.25) is 0 Å². The molecule has 5 heteroatoms. The van der Waals surface area contributed by atoms with Gasteiger partial charge in [0.15, 0.2) is 5.60 Å². The molecule has 0 spiro atoms. The highest BCUT2D eigenvalue weighted by atomic mass is 19.4. The van der Waals surface area contributed by atoms with Crippen LogP contribution in [0.5, 0.6) is 0 Å². The maximum atomic E-state index is 12.5. The van der Waals surface area contributed by atoms with Crippen LogP contribution in [0.4, 0.5) is 13.2 Å². The standard InChI is InChI=1S/C8H12F3NO/c9-8(10,11)7(13)3-5-12-4-1-2-6(7)12/h6,13H,1-5H2. The summed E-state index contributed by atoms with van der Waals surface area (Å²) in [7, 11) is 0. The van der Waals surface area contributed by atoms with E-state index in [2.05, 4.69) is 0 Å². The lowest BCUT2D eigenvalue weighted by Gasteiger charge is -2.31. The molecule has 2 nitrogen and oxygen atoms in total. The van der Waals surface area contributed by atoms with Crippen LogP contribution in [0.1, 0.15) is 19.3 Å². The van der Waals surface area contributed by atoms with E-state index >= 15 is 0 Å². The fourth-order valence-electron chi connectivity index (χ4n) is 2.45. The summed E-state index contributed by atoms with van der Waals surface area (Å²) in [5.41, 5.74) is -2.44. The van der Waals surface area contributed by atoms with Crippen molar-refractivity contribution in [2.24, 2.45) is 0 Å². The Bertz CT molecular complexity index is 218. The molecule has 0 aromatic carbocycles. The fraction of sp³-hybridized carbons (Fsp3) is 1.00. The van der Waals surface area contributed by atoms with Crippen LogP contribution in [-0.4, -0.2) is 40.9 Å². The lowest BCUT2D eigenvalue weighted by Crippen LogP contribution is -2.52. The van der Waals surface area contributed by atoms with Crippen LogP contribution in [0.2, 0.25) is 0 Å². The monoisotopic (exact) mass is 195 g/mol. The number of rotatable bonds is 0. The lowest BCUT2D eigenvalue weighted by molar-refractivity contribution is -0.265. The highest BCUT2D eigenvalue weighted by Crippen LogP contribution is 2.45. The minimum Gasteiger partial charge on any atom is -0.379 e. The zero-order chi connectivity index (χ0) is 9.69. The Hall–Kier alpha value is -0.290. The second kappa shape index (κ2) is 2.60. The van der Waals surface area contributed by atoms with Gasteiger partial charge >= 0.3 is 6.18 Å². The largest absolute Gasteiger partial charge is 0.418 e. The third kappa shape index (κ3) is 1.17. The van der Waals surface area contributed by atoms with Crippen LogP contribution >= 0.6 is 0 Å². The number of hydrogen-bond acceptors (Lipinski definition) is 2. The van der Waals surface area contributed by atoms with Gasteiger partial charge in [-0.05, 0) is 25.8 Å². The van der Waals surface area contributed by atoms with E-state index in [1.165, 1.54) is 0 Å². The van der Waals surface area contributed by atoms with E-state index in [1.54, 1.807) is 4.90 Å². The second-order valence-electron chi connectivity index (χ2n) is 3.87. The lowest BCUT2D eigenvalue weighted by atomic mass is 9.92. The van der Waals surface area contributed by atoms with E-state index in [-0.39, 0.29) is 6.42 Å². The first-order chi connectivity index (χ1) is 5.95. The zero-order valence-electron chi connectivity index (χ0n) is 7.14. The fourth-order valence-corrected chi connectivity index (χ4v) is 2.45. The molecule has 2 atom stereocenters. The van der Waals surface area contributed by atoms with Crippen molar-refractivity contribution in [3.63, 3.8) is 0 Å². The molecule has 0 aliphatic carbocycles. The van der Waals surface area contributed by atoms with E-state index in [0.29, 0.717) is 19.5 Å². The molecule has 0 saturated carbocycles. The van der Waals surface area contributed by atoms with Gasteiger partial charge in [-0.1, -0.05) is 0 Å². The van der Waals surface area contributed by atoms with Gasteiger partial charge < -0.3 is 5.11 Å². The molecule has 0 aromatic rings. The molecule has 1 N–H and O–H groups in total. The summed E-state index contributed by atoms with van der Waals surface area (Å²) in [4.78, 5) is 1.74. The Morgan fingerprint density at radius 1 is 1.31 bits per heavy atom. The first-order valence-electron chi connectivity index (χ1n) is 4.48. The Morgan fingerprint density at radius 3 is 2.62 bits per heavy atom. The first kappa shape index (κ1) is 9.27. The number of halogens is 3. The molecule has 2 aliphatic rings. The molecule has 2 rings (SSSR count). The molecule has 2 unspecified atom stereocenters. The minimum absolute atomic E-state index is 0.166. The molecule has 13 heavy (non-hydrogen) atoms. The summed E-state index contributed by atoms with van der Waals surface area (Å²) in [5.74, 6) is 0. The van der Waals surface area contributed by atoms with Gasteiger partial charge in [0, 0.05) is 12.6 Å². The van der Waals surface area contributed by atoms with Crippen molar-refractivity contribution in [2.75, 3.05) is 13.1 Å². The molecule has 2 fully saturated rings. The smallest absolute Gasteiger partial charge is 0.379 e. The highest BCUT2D eigenvalue weighted by Gasteiger charge is 2.63. The predicted octanol–water partition coefficient (Wildman–Crippen LogP) is 1.15. The van der Waals surface area contributed by atoms with Gasteiger partial charge in [0.25, 0.3) is 0 Å². The molecule has 0 radical (unpaired) electrons. The number of aliphatic hydroxyl groups is 1. The summed E-state index contributed by atoms with van der Waals surface area (Å²) in [6.07, 6.45) is -3.41. The Labute approximate surface area is 74.3 Å². The van der Waals surface area contributed by atoms with Crippen LogP contribution in [0.25, 0.3) is 0 Å². The van der Waals surface area contributed by atoms with Gasteiger partial charge in [-0.3, -0.25) is 4.90 Å². The van der Waals surface area contributed by atoms with E-state index < -0.39 is 17.8 Å². The van der Waals surface area contributed by atoms with Crippen molar-refractivity contribution in [2.45, 2.75) is 37.1 Å². The molecule has 0 aromatic heterocycles. The van der Waals surface area contributed by atoms with Gasteiger partial charge in [0.1, 0.15) is 0 Å². The average Bonchev–Trinajstić information content (AvgIpc) is 2.52. The van der Waals surface area contributed by atoms with Gasteiger partial charge in [-0.2, -0.15) is 13.2 Å². The van der Waals surface area contributed by atoms with E-state index in [1.807, 2.05) is 0 Å². The van der Waals surface area contributed by atoms with Crippen molar-refractivity contribution in [3.05, 3.63) is 0 Å². The summed E-state index contributed by atoms with van der Waals surface area (Å²) in [6, 6.07) is -0.688. The van der Waals surface area contributed by atoms with Crippen LogP contribution in [0, 0.1) is 0 Å². The third-order valence-corrected chi connectivity index (χ3v) is 3.19. The predicted molar refractivity (Wildman–Crippen MR) is 40.2 cm³/mol. The summed E-state index contributed by atoms with van der Waals surface area (Å²) >= 11 is 0. The summed E-state index contributed by atoms with van der Waals surface area (Å²) in [6.45, 7) is 1.07. The number of alkyl halides is 3. The van der Waals surface area contributed by atoms with E-state index in [4.69, 9.17) is 0 Å². The highest BCUT2D eigenvalue weighted by molar-refractivity contribution is 5.06. The maximum Gasteiger partial charge on any atom is 0.418 e. The Kier molecular flexibility index (Phi) is 1.86. The quantitative estimate of drug-likeness (QED) is 0.626. The number of nitrogens with zero attached hydrogens (tertiary/aromatic N) is 1. The van der Waals surface area contributed by atoms with Crippen LogP contribution in [-0.2, 0) is 0 Å². The topological polar surface area (TPSA) is 23.5 Å². The SMILES string of the molecule is OC1(C(F)(F)F)CCN2CCCC21. The first-order valence-corrected chi connectivity index (χ1v) is 4.48. The molecule has 76 valence electrons. The number of hydrogen-bond donors (Lipinski definition) is 1. The molecule has 0 bridgehead atoms. The molecule has 2 heterocycles.